The van der Waals surface area contributed by atoms with Crippen LogP contribution in [0.25, 0.3) is 0 Å². The zero-order valence-electron chi connectivity index (χ0n) is 21.8. The van der Waals surface area contributed by atoms with Gasteiger partial charge in [-0.3, -0.25) is 0 Å². The van der Waals surface area contributed by atoms with E-state index in [1.165, 1.54) is 77.0 Å². The summed E-state index contributed by atoms with van der Waals surface area (Å²) < 4.78 is 0. The first-order chi connectivity index (χ1) is 13.8. The maximum Gasteiger partial charge on any atom is -0.0235 e. The van der Waals surface area contributed by atoms with Gasteiger partial charge in [0.15, 0.2) is 0 Å². The molecule has 5 aliphatic rings. The van der Waals surface area contributed by atoms with Gasteiger partial charge in [0.05, 0.1) is 0 Å². The summed E-state index contributed by atoms with van der Waals surface area (Å²) in [5.74, 6) is 3.88. The van der Waals surface area contributed by atoms with Crippen molar-refractivity contribution in [3.63, 3.8) is 0 Å². The smallest absolute Gasteiger partial charge is 0.0235 e. The van der Waals surface area contributed by atoms with Gasteiger partial charge in [0.1, 0.15) is 0 Å². The Morgan fingerprint density at radius 3 is 1.97 bits per heavy atom. The monoisotopic (exact) mass is 412 g/mol. The largest absolute Gasteiger partial charge is 0.0599 e. The van der Waals surface area contributed by atoms with Crippen LogP contribution in [0.15, 0.2) is 0 Å². The van der Waals surface area contributed by atoms with Gasteiger partial charge in [-0.25, -0.2) is 0 Å². The number of hydrogen-bond donors (Lipinski definition) is 0. The second-order valence-corrected chi connectivity index (χ2v) is 15.6. The quantitative estimate of drug-likeness (QED) is 0.372. The van der Waals surface area contributed by atoms with E-state index in [1.54, 1.807) is 0 Å². The lowest BCUT2D eigenvalue weighted by Crippen LogP contribution is -2.65. The van der Waals surface area contributed by atoms with E-state index >= 15 is 0 Å². The van der Waals surface area contributed by atoms with Crippen molar-refractivity contribution in [3.05, 3.63) is 0 Å². The first-order valence-electron chi connectivity index (χ1n) is 13.8. The van der Waals surface area contributed by atoms with E-state index in [1.807, 2.05) is 0 Å². The highest BCUT2D eigenvalue weighted by atomic mass is 14.7. The van der Waals surface area contributed by atoms with Crippen molar-refractivity contribution in [2.75, 3.05) is 0 Å². The lowest BCUT2D eigenvalue weighted by Gasteiger charge is -2.73. The predicted octanol–water partition coefficient (Wildman–Crippen LogP) is 9.28. The lowest BCUT2D eigenvalue weighted by molar-refractivity contribution is -0.243. The summed E-state index contributed by atoms with van der Waals surface area (Å²) in [4.78, 5) is 0. The Kier molecular flexibility index (Phi) is 4.59. The Labute approximate surface area is 188 Å². The van der Waals surface area contributed by atoms with Crippen LogP contribution >= 0.6 is 0 Å². The molecule has 0 bridgehead atoms. The number of fused-ring (bicyclic) bond motifs is 7. The highest BCUT2D eigenvalue weighted by Gasteiger charge is 2.68. The molecule has 0 aliphatic heterocycles. The summed E-state index contributed by atoms with van der Waals surface area (Å²) >= 11 is 0. The van der Waals surface area contributed by atoms with Crippen molar-refractivity contribution in [1.29, 1.82) is 0 Å². The number of hydrogen-bond acceptors (Lipinski definition) is 0. The fourth-order valence-corrected chi connectivity index (χ4v) is 11.4. The minimum atomic E-state index is 0.560. The molecule has 0 aromatic heterocycles. The molecule has 5 aliphatic carbocycles. The molecule has 0 saturated heterocycles. The molecule has 0 amide bonds. The Hall–Kier alpha value is 0. The first kappa shape index (κ1) is 21.8. The highest BCUT2D eigenvalue weighted by molar-refractivity contribution is 5.17. The molecule has 0 aromatic carbocycles. The van der Waals surface area contributed by atoms with E-state index in [2.05, 4.69) is 55.4 Å². The third-order valence-electron chi connectivity index (χ3n) is 13.4. The van der Waals surface area contributed by atoms with Crippen LogP contribution in [-0.4, -0.2) is 0 Å². The summed E-state index contributed by atoms with van der Waals surface area (Å²) in [6, 6.07) is 0. The lowest BCUT2D eigenvalue weighted by atomic mass is 9.31. The van der Waals surface area contributed by atoms with E-state index in [-0.39, 0.29) is 0 Å². The average molecular weight is 413 g/mol. The Bertz CT molecular complexity index is 701. The minimum Gasteiger partial charge on any atom is -0.0599 e. The molecule has 0 heteroatoms. The van der Waals surface area contributed by atoms with Crippen LogP contribution in [0.5, 0.6) is 0 Å². The molecule has 0 heterocycles. The van der Waals surface area contributed by atoms with E-state index < -0.39 is 0 Å². The van der Waals surface area contributed by atoms with Crippen LogP contribution < -0.4 is 0 Å². The molecule has 5 saturated carbocycles. The Morgan fingerprint density at radius 2 is 1.23 bits per heavy atom. The van der Waals surface area contributed by atoms with Gasteiger partial charge in [-0.2, -0.15) is 0 Å². The van der Waals surface area contributed by atoms with Crippen LogP contribution in [0.1, 0.15) is 132 Å². The van der Waals surface area contributed by atoms with Gasteiger partial charge in [-0.15, -0.1) is 0 Å². The van der Waals surface area contributed by atoms with Gasteiger partial charge in [0.25, 0.3) is 0 Å². The summed E-state index contributed by atoms with van der Waals surface area (Å²) in [5.41, 5.74) is 3.49. The first-order valence-corrected chi connectivity index (χ1v) is 13.8. The molecular weight excluding hydrogens is 360 g/mol. The fourth-order valence-electron chi connectivity index (χ4n) is 11.4. The molecule has 0 radical (unpaired) electrons. The van der Waals surface area contributed by atoms with Crippen LogP contribution in [0.2, 0.25) is 0 Å². The SMILES string of the molecule is CC1(C)CC[C@]2(C)CC[C@]3(C)C(CC[C@@H]4[C@@]5(C)CCCC(C)(C)[C@@H]5CC[C@]43C)[C@@H]2C1. The zero-order valence-corrected chi connectivity index (χ0v) is 21.8. The molecule has 5 fully saturated rings. The van der Waals surface area contributed by atoms with Crippen molar-refractivity contribution >= 4 is 0 Å². The standard InChI is InChI=1S/C30H52/c1-25(2)16-17-27(5)18-19-29(7)21(22(27)20-25)10-11-24-28(6)14-9-13-26(3,4)23(28)12-15-30(24,29)8/h21-24H,9-20H2,1-8H3/t21?,22-,23-,24+,27+,28-,29+,30+/m0/s1. The number of rotatable bonds is 0. The van der Waals surface area contributed by atoms with Crippen LogP contribution in [0, 0.1) is 56.2 Å². The molecule has 8 atom stereocenters. The Balaban J connectivity index is 1.53. The van der Waals surface area contributed by atoms with Gasteiger partial charge in [-0.05, 0) is 127 Å². The van der Waals surface area contributed by atoms with E-state index in [4.69, 9.17) is 0 Å². The summed E-state index contributed by atoms with van der Waals surface area (Å²) in [6.07, 6.45) is 18.0. The predicted molar refractivity (Wildman–Crippen MR) is 129 cm³/mol. The van der Waals surface area contributed by atoms with Gasteiger partial charge < -0.3 is 0 Å². The summed E-state index contributed by atoms with van der Waals surface area (Å²) in [7, 11) is 0. The Morgan fingerprint density at radius 1 is 0.533 bits per heavy atom. The van der Waals surface area contributed by atoms with Gasteiger partial charge >= 0.3 is 0 Å². The molecule has 0 nitrogen and oxygen atoms in total. The van der Waals surface area contributed by atoms with E-state index in [0.717, 1.165) is 23.7 Å². The average Bonchev–Trinajstić information content (AvgIpc) is 2.63. The topological polar surface area (TPSA) is 0 Å². The second kappa shape index (κ2) is 6.32. The van der Waals surface area contributed by atoms with Crippen LogP contribution in [-0.2, 0) is 0 Å². The maximum absolute atomic E-state index is 2.81. The van der Waals surface area contributed by atoms with Crippen molar-refractivity contribution < 1.29 is 0 Å². The third kappa shape index (κ3) is 2.70. The van der Waals surface area contributed by atoms with Crippen molar-refractivity contribution in [3.8, 4) is 0 Å². The van der Waals surface area contributed by atoms with Crippen molar-refractivity contribution in [2.45, 2.75) is 132 Å². The minimum absolute atomic E-state index is 0.560. The molecule has 0 N–H and O–H groups in total. The second-order valence-electron chi connectivity index (χ2n) is 15.6. The van der Waals surface area contributed by atoms with E-state index in [0.29, 0.717) is 32.5 Å². The maximum atomic E-state index is 2.81. The van der Waals surface area contributed by atoms with E-state index in [9.17, 15) is 0 Å². The molecule has 5 rings (SSSR count). The molecule has 30 heavy (non-hydrogen) atoms. The third-order valence-corrected chi connectivity index (χ3v) is 13.4. The fraction of sp³-hybridized carbons (Fsp3) is 1.00. The van der Waals surface area contributed by atoms with Gasteiger partial charge in [0.2, 0.25) is 0 Å². The molecule has 0 aromatic rings. The summed E-state index contributed by atoms with van der Waals surface area (Å²) in [5, 5.41) is 0. The molecular formula is C30H52. The van der Waals surface area contributed by atoms with Gasteiger partial charge in [-0.1, -0.05) is 61.8 Å². The highest BCUT2D eigenvalue weighted by Crippen LogP contribution is 2.76. The van der Waals surface area contributed by atoms with Crippen molar-refractivity contribution in [2.24, 2.45) is 56.2 Å². The molecule has 172 valence electrons. The molecule has 0 spiro atoms. The van der Waals surface area contributed by atoms with Crippen molar-refractivity contribution in [1.82, 2.24) is 0 Å². The zero-order chi connectivity index (χ0) is 21.8. The van der Waals surface area contributed by atoms with Crippen LogP contribution in [0.3, 0.4) is 0 Å². The molecule has 1 unspecified atom stereocenters. The summed E-state index contributed by atoms with van der Waals surface area (Å²) in [6.45, 7) is 21.4. The normalized spacial score (nSPS) is 56.8. The van der Waals surface area contributed by atoms with Gasteiger partial charge in [0, 0.05) is 0 Å². The van der Waals surface area contributed by atoms with Crippen LogP contribution in [0.4, 0.5) is 0 Å².